The predicted molar refractivity (Wildman–Crippen MR) is 96.6 cm³/mol. The fourth-order valence-corrected chi connectivity index (χ4v) is 3.65. The molecule has 1 aliphatic heterocycles. The number of piperidine rings is 1. The Balaban J connectivity index is 1.71. The quantitative estimate of drug-likeness (QED) is 0.834. The second kappa shape index (κ2) is 7.37. The molecule has 0 aliphatic carbocycles. The molecule has 1 unspecified atom stereocenters. The Hall–Kier alpha value is -1.84. The highest BCUT2D eigenvalue weighted by Crippen LogP contribution is 2.26. The molecule has 24 heavy (non-hydrogen) atoms. The topological polar surface area (TPSA) is 40.5 Å². The summed E-state index contributed by atoms with van der Waals surface area (Å²) in [5, 5.41) is 10.6. The number of likely N-dealkylation sites (tertiary alicyclic amines) is 1. The summed E-state index contributed by atoms with van der Waals surface area (Å²) in [5.74, 6) is 0.523. The van der Waals surface area contributed by atoms with Gasteiger partial charge < -0.3 is 5.11 Å². The minimum atomic E-state index is 0.00415. The van der Waals surface area contributed by atoms with Gasteiger partial charge in [-0.25, -0.2) is 0 Å². The lowest BCUT2D eigenvalue weighted by molar-refractivity contribution is 0.0810. The van der Waals surface area contributed by atoms with E-state index in [1.165, 1.54) is 0 Å². The first-order valence-corrected chi connectivity index (χ1v) is 8.72. The Labute approximate surface area is 147 Å². The highest BCUT2D eigenvalue weighted by atomic mass is 35.5. The average molecular weight is 344 g/mol. The van der Waals surface area contributed by atoms with E-state index in [-0.39, 0.29) is 11.7 Å². The van der Waals surface area contributed by atoms with Crippen molar-refractivity contribution in [1.29, 1.82) is 0 Å². The molecule has 1 saturated heterocycles. The number of phenols is 1. The van der Waals surface area contributed by atoms with E-state index < -0.39 is 0 Å². The highest BCUT2D eigenvalue weighted by Gasteiger charge is 2.27. The van der Waals surface area contributed by atoms with E-state index in [9.17, 15) is 9.90 Å². The first-order chi connectivity index (χ1) is 11.5. The van der Waals surface area contributed by atoms with E-state index in [1.807, 2.05) is 37.3 Å². The molecular formula is C20H22ClNO2. The number of para-hydroxylation sites is 1. The summed E-state index contributed by atoms with van der Waals surface area (Å²) in [5.41, 5.74) is 2.62. The normalized spacial score (nSPS) is 18.5. The van der Waals surface area contributed by atoms with Gasteiger partial charge in [0.15, 0.2) is 5.78 Å². The molecule has 4 heteroatoms. The number of hydrogen-bond acceptors (Lipinski definition) is 3. The molecular weight excluding hydrogens is 322 g/mol. The Kier molecular flexibility index (Phi) is 5.22. The summed E-state index contributed by atoms with van der Waals surface area (Å²) >= 11 is 5.99. The number of halogens is 1. The van der Waals surface area contributed by atoms with Crippen molar-refractivity contribution in [2.75, 3.05) is 13.1 Å². The third-order valence-electron chi connectivity index (χ3n) is 4.72. The van der Waals surface area contributed by atoms with Crippen LogP contribution in [0.2, 0.25) is 5.02 Å². The third-order valence-corrected chi connectivity index (χ3v) is 4.95. The van der Waals surface area contributed by atoms with Crippen LogP contribution in [-0.4, -0.2) is 28.9 Å². The maximum absolute atomic E-state index is 12.9. The Bertz CT molecular complexity index is 744. The van der Waals surface area contributed by atoms with E-state index in [4.69, 9.17) is 11.6 Å². The van der Waals surface area contributed by atoms with Gasteiger partial charge in [-0.1, -0.05) is 29.8 Å². The second-order valence-corrected chi connectivity index (χ2v) is 6.96. The van der Waals surface area contributed by atoms with Crippen molar-refractivity contribution >= 4 is 17.4 Å². The maximum atomic E-state index is 12.9. The molecule has 1 aliphatic rings. The van der Waals surface area contributed by atoms with Gasteiger partial charge in [-0.15, -0.1) is 0 Å². The molecule has 1 N–H and O–H groups in total. The standard InChI is InChI=1S/C20H22ClNO2/c1-14-11-17(21)8-9-18(14)20(24)16-6-4-10-22(13-16)12-15-5-2-3-7-19(15)23/h2-3,5,7-9,11,16,23H,4,6,10,12-13H2,1H3. The minimum Gasteiger partial charge on any atom is -0.508 e. The fourth-order valence-electron chi connectivity index (χ4n) is 3.42. The van der Waals surface area contributed by atoms with E-state index in [0.29, 0.717) is 17.3 Å². The minimum absolute atomic E-state index is 0.00415. The number of aryl methyl sites for hydroxylation is 1. The summed E-state index contributed by atoms with van der Waals surface area (Å²) in [7, 11) is 0. The van der Waals surface area contributed by atoms with Gasteiger partial charge in [0.05, 0.1) is 0 Å². The predicted octanol–water partition coefficient (Wildman–Crippen LogP) is 4.45. The maximum Gasteiger partial charge on any atom is 0.167 e. The third kappa shape index (κ3) is 3.80. The van der Waals surface area contributed by atoms with Crippen molar-refractivity contribution in [2.45, 2.75) is 26.3 Å². The summed E-state index contributed by atoms with van der Waals surface area (Å²) < 4.78 is 0. The van der Waals surface area contributed by atoms with Crippen LogP contribution in [0.3, 0.4) is 0 Å². The zero-order chi connectivity index (χ0) is 17.1. The second-order valence-electron chi connectivity index (χ2n) is 6.53. The van der Waals surface area contributed by atoms with Gasteiger partial charge in [-0.2, -0.15) is 0 Å². The Morgan fingerprint density at radius 1 is 1.29 bits per heavy atom. The fraction of sp³-hybridized carbons (Fsp3) is 0.350. The SMILES string of the molecule is Cc1cc(Cl)ccc1C(=O)C1CCCN(Cc2ccccc2O)C1. The monoisotopic (exact) mass is 343 g/mol. The summed E-state index contributed by atoms with van der Waals surface area (Å²) in [6.45, 7) is 4.30. The molecule has 1 fully saturated rings. The number of benzene rings is 2. The first kappa shape index (κ1) is 17.0. The molecule has 0 aromatic heterocycles. The summed E-state index contributed by atoms with van der Waals surface area (Å²) in [4.78, 5) is 15.1. The average Bonchev–Trinajstić information content (AvgIpc) is 2.57. The lowest BCUT2D eigenvalue weighted by Crippen LogP contribution is -2.38. The molecule has 3 nitrogen and oxygen atoms in total. The summed E-state index contributed by atoms with van der Waals surface area (Å²) in [6, 6.07) is 12.9. The molecule has 2 aromatic rings. The molecule has 0 amide bonds. The number of ketones is 1. The number of rotatable bonds is 4. The van der Waals surface area contributed by atoms with Crippen molar-refractivity contribution in [1.82, 2.24) is 4.90 Å². The number of aromatic hydroxyl groups is 1. The number of phenolic OH excluding ortho intramolecular Hbond substituents is 1. The molecule has 0 spiro atoms. The van der Waals surface area contributed by atoms with E-state index in [1.54, 1.807) is 12.1 Å². The molecule has 126 valence electrons. The van der Waals surface area contributed by atoms with Crippen LogP contribution >= 0.6 is 11.6 Å². The molecule has 1 heterocycles. The van der Waals surface area contributed by atoms with Gasteiger partial charge >= 0.3 is 0 Å². The van der Waals surface area contributed by atoms with E-state index in [0.717, 1.165) is 42.6 Å². The van der Waals surface area contributed by atoms with Crippen LogP contribution in [0, 0.1) is 12.8 Å². The number of hydrogen-bond donors (Lipinski definition) is 1. The van der Waals surface area contributed by atoms with Gasteiger partial charge in [0.2, 0.25) is 0 Å². The zero-order valence-electron chi connectivity index (χ0n) is 13.8. The van der Waals surface area contributed by atoms with Crippen LogP contribution in [0.5, 0.6) is 5.75 Å². The highest BCUT2D eigenvalue weighted by molar-refractivity contribution is 6.30. The van der Waals surface area contributed by atoms with Gasteiger partial charge in [0.1, 0.15) is 5.75 Å². The van der Waals surface area contributed by atoms with Crippen LogP contribution < -0.4 is 0 Å². The van der Waals surface area contributed by atoms with Crippen molar-refractivity contribution in [3.05, 3.63) is 64.2 Å². The number of nitrogens with zero attached hydrogens (tertiary/aromatic N) is 1. The molecule has 3 rings (SSSR count). The first-order valence-electron chi connectivity index (χ1n) is 8.34. The van der Waals surface area contributed by atoms with Crippen molar-refractivity contribution in [3.63, 3.8) is 0 Å². The van der Waals surface area contributed by atoms with E-state index in [2.05, 4.69) is 4.90 Å². The van der Waals surface area contributed by atoms with Crippen molar-refractivity contribution in [2.24, 2.45) is 5.92 Å². The zero-order valence-corrected chi connectivity index (χ0v) is 14.6. The Morgan fingerprint density at radius 2 is 2.08 bits per heavy atom. The lowest BCUT2D eigenvalue weighted by Gasteiger charge is -2.32. The van der Waals surface area contributed by atoms with Crippen LogP contribution in [0.15, 0.2) is 42.5 Å². The largest absolute Gasteiger partial charge is 0.508 e. The van der Waals surface area contributed by atoms with Crippen molar-refractivity contribution in [3.8, 4) is 5.75 Å². The molecule has 0 bridgehead atoms. The molecule has 0 saturated carbocycles. The van der Waals surface area contributed by atoms with Crippen molar-refractivity contribution < 1.29 is 9.90 Å². The van der Waals surface area contributed by atoms with Crippen LogP contribution in [0.1, 0.15) is 34.3 Å². The molecule has 0 radical (unpaired) electrons. The Morgan fingerprint density at radius 3 is 2.83 bits per heavy atom. The van der Waals surface area contributed by atoms with E-state index >= 15 is 0 Å². The number of carbonyl (C=O) groups excluding carboxylic acids is 1. The van der Waals surface area contributed by atoms with Crippen LogP contribution in [0.4, 0.5) is 0 Å². The molecule has 1 atom stereocenters. The van der Waals surface area contributed by atoms with Crippen LogP contribution in [-0.2, 0) is 6.54 Å². The number of Topliss-reactive ketones (excluding diaryl/α,β-unsaturated/α-hetero) is 1. The van der Waals surface area contributed by atoms with Gasteiger partial charge in [-0.05, 0) is 56.1 Å². The lowest BCUT2D eigenvalue weighted by atomic mass is 9.88. The van der Waals surface area contributed by atoms with Gasteiger partial charge in [-0.3, -0.25) is 9.69 Å². The summed E-state index contributed by atoms with van der Waals surface area (Å²) in [6.07, 6.45) is 1.91. The smallest absolute Gasteiger partial charge is 0.167 e. The number of carbonyl (C=O) groups is 1. The van der Waals surface area contributed by atoms with Gasteiger partial charge in [0.25, 0.3) is 0 Å². The molecule has 2 aromatic carbocycles. The van der Waals surface area contributed by atoms with Gasteiger partial charge in [0, 0.05) is 35.2 Å². The van der Waals surface area contributed by atoms with Crippen LogP contribution in [0.25, 0.3) is 0 Å².